The van der Waals surface area contributed by atoms with Crippen molar-refractivity contribution in [3.63, 3.8) is 0 Å². The standard InChI is InChI=1S/C17H17N7O4S/c1-28-15-8-13(3-5-16(15)29(26,27)20-6-7-25)17-21-23-24(22-17)11-14-4-2-12(9-18)10-19-14/h2-5,8,10,20,25H,6-7,11H2,1H3. The lowest BCUT2D eigenvalue weighted by atomic mass is 10.2. The molecule has 0 radical (unpaired) electrons. The number of benzene rings is 1. The summed E-state index contributed by atoms with van der Waals surface area (Å²) in [6, 6.07) is 9.75. The monoisotopic (exact) mass is 415 g/mol. The zero-order chi connectivity index (χ0) is 20.9. The van der Waals surface area contributed by atoms with Crippen LogP contribution in [-0.4, -0.2) is 59.0 Å². The minimum absolute atomic E-state index is 0.0635. The third kappa shape index (κ3) is 4.72. The van der Waals surface area contributed by atoms with Crippen LogP contribution in [0.4, 0.5) is 0 Å². The van der Waals surface area contributed by atoms with Crippen LogP contribution < -0.4 is 9.46 Å². The SMILES string of the molecule is COc1cc(-c2nnn(Cc3ccc(C#N)cn3)n2)ccc1S(=O)(=O)NCCO. The topological polar surface area (TPSA) is 156 Å². The quantitative estimate of drug-likeness (QED) is 0.514. The van der Waals surface area contributed by atoms with Crippen LogP contribution in [0.15, 0.2) is 41.4 Å². The van der Waals surface area contributed by atoms with Crippen molar-refractivity contribution >= 4 is 10.0 Å². The predicted octanol–water partition coefficient (Wildman–Crippen LogP) is -0.0657. The van der Waals surface area contributed by atoms with Gasteiger partial charge in [-0.3, -0.25) is 4.98 Å². The molecule has 0 saturated carbocycles. The lowest BCUT2D eigenvalue weighted by Gasteiger charge is -2.10. The van der Waals surface area contributed by atoms with Gasteiger partial charge in [-0.05, 0) is 35.5 Å². The Morgan fingerprint density at radius 2 is 2.14 bits per heavy atom. The van der Waals surface area contributed by atoms with Gasteiger partial charge in [-0.1, -0.05) is 0 Å². The van der Waals surface area contributed by atoms with Gasteiger partial charge in [-0.15, -0.1) is 10.2 Å². The van der Waals surface area contributed by atoms with Crippen LogP contribution in [0, 0.1) is 11.3 Å². The van der Waals surface area contributed by atoms with Gasteiger partial charge in [0.05, 0.1) is 25.0 Å². The number of nitrogens with one attached hydrogen (secondary N) is 1. The number of rotatable bonds is 8. The molecule has 11 nitrogen and oxygen atoms in total. The number of methoxy groups -OCH3 is 1. The van der Waals surface area contributed by atoms with Crippen molar-refractivity contribution in [1.82, 2.24) is 29.9 Å². The Bertz CT molecular complexity index is 1140. The molecule has 29 heavy (non-hydrogen) atoms. The number of sulfonamides is 1. The molecule has 0 bridgehead atoms. The molecule has 3 rings (SSSR count). The Hall–Kier alpha value is -3.40. The van der Waals surface area contributed by atoms with E-state index in [-0.39, 0.29) is 36.2 Å². The van der Waals surface area contributed by atoms with E-state index in [0.717, 1.165) is 0 Å². The summed E-state index contributed by atoms with van der Waals surface area (Å²) >= 11 is 0. The summed E-state index contributed by atoms with van der Waals surface area (Å²) in [6.45, 7) is -0.166. The van der Waals surface area contributed by atoms with Crippen molar-refractivity contribution < 1.29 is 18.3 Å². The molecule has 0 saturated heterocycles. The lowest BCUT2D eigenvalue weighted by Crippen LogP contribution is -2.27. The molecule has 2 N–H and O–H groups in total. The van der Waals surface area contributed by atoms with Crippen molar-refractivity contribution in [2.24, 2.45) is 0 Å². The van der Waals surface area contributed by atoms with Gasteiger partial charge in [-0.2, -0.15) is 10.1 Å². The van der Waals surface area contributed by atoms with E-state index in [4.69, 9.17) is 15.1 Å². The molecule has 3 aromatic rings. The molecule has 0 unspecified atom stereocenters. The summed E-state index contributed by atoms with van der Waals surface area (Å²) in [6.07, 6.45) is 1.46. The number of tetrazole rings is 1. The second kappa shape index (κ2) is 8.74. The number of aliphatic hydroxyl groups is 1. The summed E-state index contributed by atoms with van der Waals surface area (Å²) in [7, 11) is -2.48. The number of pyridine rings is 1. The summed E-state index contributed by atoms with van der Waals surface area (Å²) in [4.78, 5) is 5.43. The second-order valence-electron chi connectivity index (χ2n) is 5.78. The van der Waals surface area contributed by atoms with Crippen LogP contribution in [-0.2, 0) is 16.6 Å². The van der Waals surface area contributed by atoms with E-state index in [9.17, 15) is 8.42 Å². The second-order valence-corrected chi connectivity index (χ2v) is 7.52. The normalized spacial score (nSPS) is 11.2. The van der Waals surface area contributed by atoms with Gasteiger partial charge in [0, 0.05) is 18.3 Å². The number of ether oxygens (including phenoxy) is 1. The van der Waals surface area contributed by atoms with Gasteiger partial charge < -0.3 is 9.84 Å². The molecule has 0 amide bonds. The maximum Gasteiger partial charge on any atom is 0.244 e. The lowest BCUT2D eigenvalue weighted by molar-refractivity contribution is 0.301. The van der Waals surface area contributed by atoms with Crippen LogP contribution in [0.3, 0.4) is 0 Å². The minimum atomic E-state index is -3.83. The molecular formula is C17H17N7O4S. The first kappa shape index (κ1) is 20.3. The predicted molar refractivity (Wildman–Crippen MR) is 100 cm³/mol. The van der Waals surface area contributed by atoms with Gasteiger partial charge in [0.1, 0.15) is 23.3 Å². The molecule has 0 spiro atoms. The summed E-state index contributed by atoms with van der Waals surface area (Å²) in [5, 5.41) is 29.9. The molecule has 0 fully saturated rings. The molecule has 2 heterocycles. The fraction of sp³-hybridized carbons (Fsp3) is 0.235. The first-order chi connectivity index (χ1) is 14.0. The van der Waals surface area contributed by atoms with E-state index in [2.05, 4.69) is 25.1 Å². The molecule has 150 valence electrons. The third-order valence-electron chi connectivity index (χ3n) is 3.83. The number of nitriles is 1. The maximum absolute atomic E-state index is 12.3. The van der Waals surface area contributed by atoms with Gasteiger partial charge in [0.2, 0.25) is 15.8 Å². The van der Waals surface area contributed by atoms with E-state index < -0.39 is 10.0 Å². The van der Waals surface area contributed by atoms with Crippen molar-refractivity contribution in [3.8, 4) is 23.2 Å². The molecule has 1 aromatic carbocycles. The number of nitrogens with zero attached hydrogens (tertiary/aromatic N) is 6. The first-order valence-electron chi connectivity index (χ1n) is 8.38. The number of aliphatic hydroxyl groups excluding tert-OH is 1. The zero-order valence-corrected chi connectivity index (χ0v) is 16.2. The highest BCUT2D eigenvalue weighted by molar-refractivity contribution is 7.89. The summed E-state index contributed by atoms with van der Waals surface area (Å²) in [5.74, 6) is 0.391. The van der Waals surface area contributed by atoms with Crippen LogP contribution in [0.25, 0.3) is 11.4 Å². The van der Waals surface area contributed by atoms with Gasteiger partial charge in [0.25, 0.3) is 0 Å². The smallest absolute Gasteiger partial charge is 0.244 e. The largest absolute Gasteiger partial charge is 0.495 e. The first-order valence-corrected chi connectivity index (χ1v) is 9.87. The Labute approximate surface area is 166 Å². The fourth-order valence-corrected chi connectivity index (χ4v) is 3.61. The average Bonchev–Trinajstić information content (AvgIpc) is 3.21. The van der Waals surface area contributed by atoms with Crippen LogP contribution in [0.5, 0.6) is 5.75 Å². The van der Waals surface area contributed by atoms with Gasteiger partial charge in [-0.25, -0.2) is 13.1 Å². The summed E-state index contributed by atoms with van der Waals surface area (Å²) in [5.41, 5.74) is 1.63. The average molecular weight is 415 g/mol. The van der Waals surface area contributed by atoms with E-state index >= 15 is 0 Å². The Balaban J connectivity index is 1.83. The van der Waals surface area contributed by atoms with Crippen LogP contribution in [0.2, 0.25) is 0 Å². The minimum Gasteiger partial charge on any atom is -0.495 e. The van der Waals surface area contributed by atoms with E-state index in [1.165, 1.54) is 36.3 Å². The van der Waals surface area contributed by atoms with Crippen molar-refractivity contribution in [2.75, 3.05) is 20.3 Å². The molecule has 0 aliphatic rings. The molecule has 2 aromatic heterocycles. The van der Waals surface area contributed by atoms with E-state index in [1.54, 1.807) is 12.1 Å². The molecule has 0 aliphatic carbocycles. The van der Waals surface area contributed by atoms with E-state index in [1.807, 2.05) is 6.07 Å². The number of hydrogen-bond donors (Lipinski definition) is 2. The van der Waals surface area contributed by atoms with Crippen molar-refractivity contribution in [2.45, 2.75) is 11.4 Å². The highest BCUT2D eigenvalue weighted by Crippen LogP contribution is 2.28. The Morgan fingerprint density at radius 1 is 1.31 bits per heavy atom. The van der Waals surface area contributed by atoms with Gasteiger partial charge >= 0.3 is 0 Å². The Kier molecular flexibility index (Phi) is 6.13. The number of aromatic nitrogens is 5. The highest BCUT2D eigenvalue weighted by atomic mass is 32.2. The third-order valence-corrected chi connectivity index (χ3v) is 5.33. The molecule has 12 heteroatoms. The van der Waals surface area contributed by atoms with Crippen LogP contribution >= 0.6 is 0 Å². The molecule has 0 aliphatic heterocycles. The number of hydrogen-bond acceptors (Lipinski definition) is 9. The Morgan fingerprint density at radius 3 is 2.79 bits per heavy atom. The van der Waals surface area contributed by atoms with E-state index in [0.29, 0.717) is 16.8 Å². The zero-order valence-electron chi connectivity index (χ0n) is 15.3. The maximum atomic E-state index is 12.3. The summed E-state index contributed by atoms with van der Waals surface area (Å²) < 4.78 is 32.1. The molecule has 0 atom stereocenters. The van der Waals surface area contributed by atoms with Crippen molar-refractivity contribution in [1.29, 1.82) is 5.26 Å². The van der Waals surface area contributed by atoms with Crippen molar-refractivity contribution in [3.05, 3.63) is 47.8 Å². The van der Waals surface area contributed by atoms with Gasteiger partial charge in [0.15, 0.2) is 0 Å². The highest BCUT2D eigenvalue weighted by Gasteiger charge is 2.20. The van der Waals surface area contributed by atoms with Crippen LogP contribution in [0.1, 0.15) is 11.3 Å². The molecular weight excluding hydrogens is 398 g/mol. The fourth-order valence-electron chi connectivity index (χ4n) is 2.44.